The number of rotatable bonds is 6. The molecule has 27 heavy (non-hydrogen) atoms. The molecule has 0 radical (unpaired) electrons. The van der Waals surface area contributed by atoms with Crippen LogP contribution in [0, 0.1) is 25.5 Å². The van der Waals surface area contributed by atoms with Crippen molar-refractivity contribution in [3.8, 4) is 5.75 Å². The lowest BCUT2D eigenvalue weighted by molar-refractivity contribution is -0.0461. The van der Waals surface area contributed by atoms with Crippen LogP contribution >= 0.6 is 0 Å². The fraction of sp³-hybridized carbons (Fsp3) is 0.429. The van der Waals surface area contributed by atoms with Gasteiger partial charge in [0, 0.05) is 19.6 Å². The molecule has 0 aromatic heterocycles. The minimum absolute atomic E-state index is 0.192. The predicted molar refractivity (Wildman–Crippen MR) is 98.9 cm³/mol. The summed E-state index contributed by atoms with van der Waals surface area (Å²) in [6.07, 6.45) is -1.00. The van der Waals surface area contributed by atoms with Crippen LogP contribution in [0.4, 0.5) is 8.78 Å². The summed E-state index contributed by atoms with van der Waals surface area (Å²) >= 11 is 0. The van der Waals surface area contributed by atoms with E-state index in [0.717, 1.165) is 22.9 Å². The van der Waals surface area contributed by atoms with Crippen LogP contribution in [0.1, 0.15) is 22.8 Å². The van der Waals surface area contributed by atoms with Crippen LogP contribution in [0.5, 0.6) is 5.75 Å². The number of morpholine rings is 1. The van der Waals surface area contributed by atoms with E-state index in [9.17, 15) is 13.9 Å². The number of hydrogen-bond donors (Lipinski definition) is 1. The number of aryl methyl sites for hydroxylation is 2. The van der Waals surface area contributed by atoms with Gasteiger partial charge in [0.2, 0.25) is 0 Å². The van der Waals surface area contributed by atoms with Crippen LogP contribution < -0.4 is 4.74 Å². The van der Waals surface area contributed by atoms with E-state index in [-0.39, 0.29) is 12.7 Å². The largest absolute Gasteiger partial charge is 0.491 e. The third-order valence-electron chi connectivity index (χ3n) is 4.70. The second kappa shape index (κ2) is 8.78. The molecule has 3 rings (SSSR count). The molecule has 2 aromatic rings. The van der Waals surface area contributed by atoms with Crippen molar-refractivity contribution in [2.24, 2.45) is 0 Å². The second-order valence-electron chi connectivity index (χ2n) is 7.03. The maximum absolute atomic E-state index is 13.5. The molecule has 1 fully saturated rings. The highest BCUT2D eigenvalue weighted by atomic mass is 19.2. The van der Waals surface area contributed by atoms with Crippen LogP contribution in [0.15, 0.2) is 36.4 Å². The van der Waals surface area contributed by atoms with Crippen molar-refractivity contribution in [3.63, 3.8) is 0 Å². The zero-order valence-electron chi connectivity index (χ0n) is 15.6. The summed E-state index contributed by atoms with van der Waals surface area (Å²) in [5.74, 6) is -0.984. The van der Waals surface area contributed by atoms with Crippen molar-refractivity contribution in [3.05, 3.63) is 64.7 Å². The van der Waals surface area contributed by atoms with Crippen molar-refractivity contribution < 1.29 is 23.4 Å². The molecule has 146 valence electrons. The molecule has 1 heterocycles. The van der Waals surface area contributed by atoms with Gasteiger partial charge >= 0.3 is 0 Å². The molecular formula is C21H25F2NO3. The summed E-state index contributed by atoms with van der Waals surface area (Å²) in [7, 11) is 0. The van der Waals surface area contributed by atoms with E-state index in [1.165, 1.54) is 12.1 Å². The van der Waals surface area contributed by atoms with Crippen LogP contribution in [0.2, 0.25) is 0 Å². The highest BCUT2D eigenvalue weighted by Crippen LogP contribution is 2.24. The monoisotopic (exact) mass is 377 g/mol. The third-order valence-corrected chi connectivity index (χ3v) is 4.70. The van der Waals surface area contributed by atoms with Crippen LogP contribution in [0.25, 0.3) is 0 Å². The Labute approximate surface area is 158 Å². The van der Waals surface area contributed by atoms with Crippen molar-refractivity contribution in [1.29, 1.82) is 0 Å². The first-order valence-corrected chi connectivity index (χ1v) is 9.09. The Morgan fingerprint density at radius 2 is 2.00 bits per heavy atom. The minimum atomic E-state index is -0.880. The first-order chi connectivity index (χ1) is 12.9. The lowest BCUT2D eigenvalue weighted by Gasteiger charge is -2.34. The van der Waals surface area contributed by atoms with Crippen LogP contribution in [0.3, 0.4) is 0 Å². The number of hydrogen-bond acceptors (Lipinski definition) is 4. The molecule has 0 bridgehead atoms. The fourth-order valence-corrected chi connectivity index (χ4v) is 3.28. The van der Waals surface area contributed by atoms with Gasteiger partial charge in [-0.25, -0.2) is 8.78 Å². The number of aliphatic hydroxyl groups is 1. The zero-order valence-corrected chi connectivity index (χ0v) is 15.6. The molecule has 0 amide bonds. The van der Waals surface area contributed by atoms with Crippen molar-refractivity contribution in [2.75, 3.05) is 32.8 Å². The summed E-state index contributed by atoms with van der Waals surface area (Å²) < 4.78 is 38.0. The summed E-state index contributed by atoms with van der Waals surface area (Å²) in [5.41, 5.74) is 2.79. The molecule has 1 saturated heterocycles. The van der Waals surface area contributed by atoms with E-state index < -0.39 is 17.7 Å². The molecule has 1 N–H and O–H groups in total. The summed E-state index contributed by atoms with van der Waals surface area (Å²) in [6, 6.07) is 9.74. The number of β-amino-alcohol motifs (C(OH)–C–C–N with tert-alkyl or cyclic N) is 1. The number of nitrogens with zero attached hydrogens (tertiary/aromatic N) is 1. The van der Waals surface area contributed by atoms with Crippen molar-refractivity contribution in [2.45, 2.75) is 26.1 Å². The summed E-state index contributed by atoms with van der Waals surface area (Å²) in [5, 5.41) is 10.3. The normalized spacial score (nSPS) is 19.1. The second-order valence-corrected chi connectivity index (χ2v) is 7.03. The Kier molecular flexibility index (Phi) is 6.42. The van der Waals surface area contributed by atoms with Gasteiger partial charge in [0.25, 0.3) is 0 Å². The highest BCUT2D eigenvalue weighted by molar-refractivity contribution is 5.35. The molecule has 2 atom stereocenters. The van der Waals surface area contributed by atoms with E-state index in [4.69, 9.17) is 9.47 Å². The van der Waals surface area contributed by atoms with Gasteiger partial charge in [-0.2, -0.15) is 0 Å². The maximum Gasteiger partial charge on any atom is 0.159 e. The minimum Gasteiger partial charge on any atom is -0.491 e. The van der Waals surface area contributed by atoms with E-state index in [1.54, 1.807) is 0 Å². The Balaban J connectivity index is 1.52. The topological polar surface area (TPSA) is 41.9 Å². The molecular weight excluding hydrogens is 352 g/mol. The first-order valence-electron chi connectivity index (χ1n) is 9.09. The molecule has 1 aliphatic rings. The number of benzene rings is 2. The van der Waals surface area contributed by atoms with E-state index in [2.05, 4.69) is 0 Å². The van der Waals surface area contributed by atoms with Gasteiger partial charge in [0.1, 0.15) is 18.5 Å². The summed E-state index contributed by atoms with van der Waals surface area (Å²) in [6.45, 7) is 6.25. The van der Waals surface area contributed by atoms with Crippen molar-refractivity contribution in [1.82, 2.24) is 4.90 Å². The SMILES string of the molecule is Cc1ccc(OCC(O)CN2CCOC(c3ccc(F)c(F)c3)C2)c(C)c1. The number of aliphatic hydroxyl groups excluding tert-OH is 1. The predicted octanol–water partition coefficient (Wildman–Crippen LogP) is 3.39. The average Bonchev–Trinajstić information content (AvgIpc) is 2.63. The van der Waals surface area contributed by atoms with E-state index in [1.807, 2.05) is 36.9 Å². The molecule has 0 saturated carbocycles. The Morgan fingerprint density at radius 1 is 1.19 bits per heavy atom. The maximum atomic E-state index is 13.5. The van der Waals surface area contributed by atoms with Gasteiger partial charge in [-0.1, -0.05) is 23.8 Å². The van der Waals surface area contributed by atoms with Gasteiger partial charge in [0.15, 0.2) is 11.6 Å². The van der Waals surface area contributed by atoms with Gasteiger partial charge in [-0.3, -0.25) is 4.90 Å². The van der Waals surface area contributed by atoms with Gasteiger partial charge in [-0.05, 0) is 43.2 Å². The molecule has 1 aliphatic heterocycles. The highest BCUT2D eigenvalue weighted by Gasteiger charge is 2.24. The smallest absolute Gasteiger partial charge is 0.159 e. The standard InChI is InChI=1S/C21H25F2NO3/c1-14-3-6-20(15(2)9-14)27-13-17(25)11-24-7-8-26-21(12-24)16-4-5-18(22)19(23)10-16/h3-6,9-10,17,21,25H,7-8,11-13H2,1-2H3. The Morgan fingerprint density at radius 3 is 2.74 bits per heavy atom. The molecule has 2 unspecified atom stereocenters. The molecule has 4 nitrogen and oxygen atoms in total. The average molecular weight is 377 g/mol. The fourth-order valence-electron chi connectivity index (χ4n) is 3.28. The number of halogens is 2. The first kappa shape index (κ1) is 19.7. The third kappa shape index (κ3) is 5.25. The molecule has 2 aromatic carbocycles. The lowest BCUT2D eigenvalue weighted by Crippen LogP contribution is -2.43. The Bertz CT molecular complexity index is 784. The van der Waals surface area contributed by atoms with Gasteiger partial charge in [-0.15, -0.1) is 0 Å². The summed E-state index contributed by atoms with van der Waals surface area (Å²) in [4.78, 5) is 2.05. The zero-order chi connectivity index (χ0) is 19.4. The number of ether oxygens (including phenoxy) is 2. The van der Waals surface area contributed by atoms with Gasteiger partial charge < -0.3 is 14.6 Å². The molecule has 0 spiro atoms. The molecule has 0 aliphatic carbocycles. The van der Waals surface area contributed by atoms with Crippen molar-refractivity contribution >= 4 is 0 Å². The quantitative estimate of drug-likeness (QED) is 0.838. The lowest BCUT2D eigenvalue weighted by atomic mass is 10.1. The van der Waals surface area contributed by atoms with Gasteiger partial charge in [0.05, 0.1) is 12.7 Å². The van der Waals surface area contributed by atoms with Crippen LogP contribution in [-0.4, -0.2) is 49.0 Å². The Hall–Kier alpha value is -2.02. The molecule has 6 heteroatoms. The van der Waals surface area contributed by atoms with Crippen LogP contribution in [-0.2, 0) is 4.74 Å². The van der Waals surface area contributed by atoms with E-state index >= 15 is 0 Å². The van der Waals surface area contributed by atoms with E-state index in [0.29, 0.717) is 31.8 Å².